The number of hydrogen-bond donors (Lipinski definition) is 1. The molecule has 1 N–H and O–H groups in total. The van der Waals surface area contributed by atoms with E-state index < -0.39 is 22.5 Å². The molecule has 0 aromatic carbocycles. The van der Waals surface area contributed by atoms with Gasteiger partial charge in [0.25, 0.3) is 6.29 Å². The molecule has 0 aromatic rings. The van der Waals surface area contributed by atoms with E-state index in [2.05, 4.69) is 0 Å². The van der Waals surface area contributed by atoms with Crippen molar-refractivity contribution in [2.75, 3.05) is 0 Å². The molecule has 18 heavy (non-hydrogen) atoms. The van der Waals surface area contributed by atoms with Gasteiger partial charge in [-0.3, -0.25) is 9.59 Å². The minimum absolute atomic E-state index is 0.0341. The van der Waals surface area contributed by atoms with E-state index in [0.717, 1.165) is 0 Å². The molecule has 1 rings (SSSR count). The third-order valence-electron chi connectivity index (χ3n) is 3.16. The molecule has 2 amide bonds. The maximum absolute atomic E-state index is 11.5. The standard InChI is InChI=1S/C12H16NO5/c14-8-4-2-1-3-5-10(9-15)13(18)11(16)6-7-12(13)17/h10,18H,1-7H2/q+1. The number of imide groups is 1. The van der Waals surface area contributed by atoms with Gasteiger partial charge in [0.15, 0.2) is 6.29 Å². The van der Waals surface area contributed by atoms with Crippen molar-refractivity contribution >= 4 is 24.4 Å². The van der Waals surface area contributed by atoms with E-state index >= 15 is 0 Å². The highest BCUT2D eigenvalue weighted by Crippen LogP contribution is 2.25. The lowest BCUT2D eigenvalue weighted by atomic mass is 10.1. The third kappa shape index (κ3) is 2.88. The average molecular weight is 254 g/mol. The minimum Gasteiger partial charge on any atom is -0.291 e. The summed E-state index contributed by atoms with van der Waals surface area (Å²) in [6.45, 7) is 0. The van der Waals surface area contributed by atoms with Gasteiger partial charge in [0.1, 0.15) is 0 Å². The van der Waals surface area contributed by atoms with Crippen molar-refractivity contribution in [2.45, 2.75) is 51.0 Å². The number of likely N-dealkylation sites (tertiary alicyclic amines) is 1. The van der Waals surface area contributed by atoms with Crippen molar-refractivity contribution in [1.82, 2.24) is 0 Å². The number of rotatable bonds is 8. The second kappa shape index (κ2) is 6.51. The molecule has 0 bridgehead atoms. The smallest absolute Gasteiger partial charge is 0.291 e. The number of nitrogens with zero attached hydrogens (tertiary/aromatic N) is 1. The Bertz CT molecular complexity index is 336. The maximum atomic E-state index is 11.5. The van der Waals surface area contributed by atoms with Crippen LogP contribution >= 0.6 is 0 Å². The monoisotopic (exact) mass is 254 g/mol. The van der Waals surface area contributed by atoms with Crippen molar-refractivity contribution in [3.63, 3.8) is 0 Å². The van der Waals surface area contributed by atoms with Crippen LogP contribution in [-0.4, -0.2) is 40.3 Å². The normalized spacial score (nSPS) is 19.8. The molecule has 1 heterocycles. The summed E-state index contributed by atoms with van der Waals surface area (Å²) in [5.74, 6) is -1.29. The lowest BCUT2D eigenvalue weighted by molar-refractivity contribution is -0.983. The van der Waals surface area contributed by atoms with Crippen molar-refractivity contribution in [2.24, 2.45) is 0 Å². The predicted molar refractivity (Wildman–Crippen MR) is 59.6 cm³/mol. The molecule has 0 aliphatic carbocycles. The molecule has 1 atom stereocenters. The Kier molecular flexibility index (Phi) is 5.30. The molecule has 6 nitrogen and oxygen atoms in total. The summed E-state index contributed by atoms with van der Waals surface area (Å²) in [7, 11) is 0. The number of quaternary nitrogens is 1. The zero-order chi connectivity index (χ0) is 13.6. The van der Waals surface area contributed by atoms with E-state index in [1.807, 2.05) is 0 Å². The highest BCUT2D eigenvalue weighted by atomic mass is 16.6. The van der Waals surface area contributed by atoms with E-state index in [4.69, 9.17) is 0 Å². The van der Waals surface area contributed by atoms with Crippen LogP contribution in [0.3, 0.4) is 0 Å². The van der Waals surface area contributed by atoms with Crippen LogP contribution in [0.4, 0.5) is 0 Å². The molecule has 1 unspecified atom stereocenters. The van der Waals surface area contributed by atoms with Crippen molar-refractivity contribution in [3.05, 3.63) is 0 Å². The van der Waals surface area contributed by atoms with E-state index in [1.165, 1.54) is 0 Å². The predicted octanol–water partition coefficient (Wildman–Crippen LogP) is 0.578. The highest BCUT2D eigenvalue weighted by molar-refractivity contribution is 5.92. The van der Waals surface area contributed by atoms with Crippen molar-refractivity contribution in [1.29, 1.82) is 0 Å². The summed E-state index contributed by atoms with van der Waals surface area (Å²) in [5, 5.41) is 10.0. The number of hydrogen-bond acceptors (Lipinski definition) is 5. The fourth-order valence-electron chi connectivity index (χ4n) is 2.08. The Balaban J connectivity index is 2.54. The molecule has 1 saturated heterocycles. The fraction of sp³-hybridized carbons (Fsp3) is 0.667. The molecule has 0 aromatic heterocycles. The van der Waals surface area contributed by atoms with Crippen LogP contribution in [0.25, 0.3) is 0 Å². The lowest BCUT2D eigenvalue weighted by Gasteiger charge is -2.24. The highest BCUT2D eigenvalue weighted by Gasteiger charge is 2.55. The first-order chi connectivity index (χ1) is 8.57. The topological polar surface area (TPSA) is 88.5 Å². The van der Waals surface area contributed by atoms with Crippen LogP contribution in [0.2, 0.25) is 0 Å². The zero-order valence-electron chi connectivity index (χ0n) is 10.1. The summed E-state index contributed by atoms with van der Waals surface area (Å²) >= 11 is 0. The van der Waals surface area contributed by atoms with Crippen LogP contribution in [0, 0.1) is 0 Å². The number of carbonyl (C=O) groups is 2. The molecule has 1 aliphatic heterocycles. The second-order valence-corrected chi connectivity index (χ2v) is 4.35. The lowest BCUT2D eigenvalue weighted by Crippen LogP contribution is -2.57. The Labute approximate surface area is 105 Å². The van der Waals surface area contributed by atoms with Gasteiger partial charge in [0.05, 0.1) is 12.8 Å². The van der Waals surface area contributed by atoms with Crippen LogP contribution in [-0.2, 0) is 19.2 Å². The largest absolute Gasteiger partial charge is 0.354 e. The molecular weight excluding hydrogens is 238 g/mol. The SMILES string of the molecule is O=[C]CCCCCC([C]=O)[N+]1(O)C(=O)CCC1=O. The van der Waals surface area contributed by atoms with Gasteiger partial charge >= 0.3 is 11.8 Å². The molecule has 0 spiro atoms. The maximum Gasteiger partial charge on any atom is 0.354 e. The molecule has 6 heteroatoms. The summed E-state index contributed by atoms with van der Waals surface area (Å²) < 4.78 is -1.43. The van der Waals surface area contributed by atoms with E-state index in [1.54, 1.807) is 12.6 Å². The molecular formula is C12H16NO5+. The van der Waals surface area contributed by atoms with Crippen LogP contribution in [0.1, 0.15) is 44.9 Å². The van der Waals surface area contributed by atoms with E-state index in [0.29, 0.717) is 25.7 Å². The number of amides is 2. The van der Waals surface area contributed by atoms with E-state index in [-0.39, 0.29) is 19.3 Å². The molecule has 98 valence electrons. The number of carbonyl (C=O) groups excluding carboxylic acids is 4. The van der Waals surface area contributed by atoms with Crippen molar-refractivity contribution in [3.8, 4) is 0 Å². The van der Waals surface area contributed by atoms with Gasteiger partial charge in [-0.15, -0.1) is 0 Å². The van der Waals surface area contributed by atoms with Gasteiger partial charge in [-0.25, -0.2) is 14.8 Å². The van der Waals surface area contributed by atoms with Gasteiger partial charge in [0.2, 0.25) is 6.04 Å². The third-order valence-corrected chi connectivity index (χ3v) is 3.16. The quantitative estimate of drug-likeness (QED) is 0.296. The van der Waals surface area contributed by atoms with Crippen LogP contribution in [0.5, 0.6) is 0 Å². The summed E-state index contributed by atoms with van der Waals surface area (Å²) in [6.07, 6.45) is 5.67. The number of hydroxylamine groups is 3. The Hall–Kier alpha value is -1.40. The minimum atomic E-state index is -1.43. The van der Waals surface area contributed by atoms with Gasteiger partial charge < -0.3 is 0 Å². The molecule has 1 fully saturated rings. The zero-order valence-corrected chi connectivity index (χ0v) is 10.1. The first kappa shape index (κ1) is 14.7. The Morgan fingerprint density at radius 2 is 1.72 bits per heavy atom. The summed E-state index contributed by atoms with van der Waals surface area (Å²) in [4.78, 5) is 43.9. The number of unbranched alkanes of at least 4 members (excludes halogenated alkanes) is 3. The molecule has 2 radical (unpaired) electrons. The summed E-state index contributed by atoms with van der Waals surface area (Å²) in [5.41, 5.74) is 0. The van der Waals surface area contributed by atoms with Crippen LogP contribution in [0.15, 0.2) is 0 Å². The Morgan fingerprint density at radius 1 is 1.11 bits per heavy atom. The van der Waals surface area contributed by atoms with Gasteiger partial charge in [-0.2, -0.15) is 0 Å². The van der Waals surface area contributed by atoms with Gasteiger partial charge in [-0.05, 0) is 17.5 Å². The molecule has 1 aliphatic rings. The second-order valence-electron chi connectivity index (χ2n) is 4.35. The first-order valence-electron chi connectivity index (χ1n) is 5.98. The van der Waals surface area contributed by atoms with Gasteiger partial charge in [0, 0.05) is 12.8 Å². The Morgan fingerprint density at radius 3 is 2.22 bits per heavy atom. The fourth-order valence-corrected chi connectivity index (χ4v) is 2.08. The van der Waals surface area contributed by atoms with E-state index in [9.17, 15) is 24.4 Å². The van der Waals surface area contributed by atoms with Gasteiger partial charge in [-0.1, -0.05) is 6.42 Å². The first-order valence-corrected chi connectivity index (χ1v) is 5.98. The van der Waals surface area contributed by atoms with Crippen molar-refractivity contribution < 1.29 is 29.0 Å². The average Bonchev–Trinajstić information content (AvgIpc) is 2.62. The summed E-state index contributed by atoms with van der Waals surface area (Å²) in [6, 6.07) is -1.15. The molecule has 0 saturated carbocycles. The van der Waals surface area contributed by atoms with Crippen LogP contribution < -0.4 is 0 Å².